The first-order valence-electron chi connectivity index (χ1n) is 27.4. The summed E-state index contributed by atoms with van der Waals surface area (Å²) in [7, 11) is -6.59. The largest absolute Gasteiger partial charge is 0.494 e. The van der Waals surface area contributed by atoms with Gasteiger partial charge in [0.25, 0.3) is 0 Å². The van der Waals surface area contributed by atoms with E-state index in [1.54, 1.807) is 12.4 Å². The summed E-state index contributed by atoms with van der Waals surface area (Å²) in [5, 5.41) is 3.54. The van der Waals surface area contributed by atoms with E-state index >= 15 is 9.13 Å². The van der Waals surface area contributed by atoms with Crippen molar-refractivity contribution in [3.05, 3.63) is 252 Å². The molecule has 0 spiro atoms. The molecule has 1 fully saturated rings. The Kier molecular flexibility index (Phi) is 13.2. The van der Waals surface area contributed by atoms with E-state index in [1.165, 1.54) is 0 Å². The van der Waals surface area contributed by atoms with Gasteiger partial charge in [-0.1, -0.05) is 117 Å². The number of benzene rings is 8. The van der Waals surface area contributed by atoms with Crippen LogP contribution in [0.4, 0.5) is 22.7 Å². The van der Waals surface area contributed by atoms with Gasteiger partial charge in [0.2, 0.25) is 14.6 Å². The highest BCUT2D eigenvalue weighted by Crippen LogP contribution is 2.68. The highest BCUT2D eigenvalue weighted by molar-refractivity contribution is 9.10. The van der Waals surface area contributed by atoms with Gasteiger partial charge in [0, 0.05) is 89.6 Å². The Morgan fingerprint density at radius 1 is 0.361 bits per heavy atom. The van der Waals surface area contributed by atoms with Crippen LogP contribution in [0.5, 0.6) is 0 Å². The van der Waals surface area contributed by atoms with Gasteiger partial charge in [-0.2, -0.15) is 0 Å². The summed E-state index contributed by atoms with van der Waals surface area (Å²) in [6, 6.07) is 69.9. The zero-order chi connectivity index (χ0) is 56.8. The van der Waals surface area contributed by atoms with Crippen molar-refractivity contribution in [3.63, 3.8) is 0 Å². The molecule has 0 amide bonds. The number of pyridine rings is 3. The fourth-order valence-corrected chi connectivity index (χ4v) is 19.3. The molecule has 11 aromatic rings. The van der Waals surface area contributed by atoms with Crippen LogP contribution in [-0.2, 0) is 18.4 Å². The molecule has 0 bridgehead atoms. The molecule has 14 heteroatoms. The molecule has 0 radical (unpaired) electrons. The van der Waals surface area contributed by atoms with Crippen LogP contribution < -0.4 is 36.0 Å². The molecule has 1 saturated heterocycles. The van der Waals surface area contributed by atoms with Gasteiger partial charge in [0.05, 0.1) is 34.0 Å². The molecule has 8 heterocycles. The molecule has 8 aromatic carbocycles. The molecule has 404 valence electrons. The lowest BCUT2D eigenvalue weighted by Gasteiger charge is -2.44. The third-order valence-corrected chi connectivity index (χ3v) is 23.9. The summed E-state index contributed by atoms with van der Waals surface area (Å²) in [6.07, 6.45) is 10.8. The van der Waals surface area contributed by atoms with E-state index in [2.05, 4.69) is 141 Å². The van der Waals surface area contributed by atoms with E-state index in [1.807, 2.05) is 174 Å². The van der Waals surface area contributed by atoms with Crippen molar-refractivity contribution in [3.8, 4) is 66.8 Å². The summed E-state index contributed by atoms with van der Waals surface area (Å²) in [4.78, 5) is 12.3. The van der Waals surface area contributed by atoms with Gasteiger partial charge in [-0.3, -0.25) is 33.4 Å². The summed E-state index contributed by atoms with van der Waals surface area (Å²) in [5.74, 6) is 0. The van der Waals surface area contributed by atoms with Gasteiger partial charge in [-0.25, -0.2) is 0 Å². The number of hydrogen-bond acceptors (Lipinski definition) is 7. The molecule has 0 saturated carbocycles. The van der Waals surface area contributed by atoms with Gasteiger partial charge in [-0.15, -0.1) is 0 Å². The zero-order valence-electron chi connectivity index (χ0n) is 45.7. The molecule has 0 unspecified atom stereocenters. The third-order valence-electron chi connectivity index (χ3n) is 16.7. The van der Waals surface area contributed by atoms with Gasteiger partial charge in [-0.05, 0) is 199 Å². The van der Waals surface area contributed by atoms with Crippen LogP contribution in [0.15, 0.2) is 252 Å². The Balaban J connectivity index is 0.000000122. The standard InChI is InChI=1S/C34H22N3OP.C24H14Br2NOP.C11H16BNO2/c38-39-33-7-3-1-5-27(33)29-21-25(23-13-17-35-18-14-23)9-11-31(29)37(39)32-12-10-26(24-15-19-36-20-16-24)22-30(32)28-6-2-4-8-34(28)39;25-15-9-11-21-19(13-15)17-5-1-3-7-23(17)29(28)24-8-4-2-6-18(24)20-14-16(26)10-12-22(20)27(21)29;1-10(2)11(3,4)15-12(14-10)9-5-7-13-8-6-9/h1-22H;1-14H;5-8H,1-4H3. The first-order chi connectivity index (χ1) is 40.2. The van der Waals surface area contributed by atoms with E-state index in [0.717, 1.165) is 125 Å². The first-order valence-corrected chi connectivity index (χ1v) is 32.3. The smallest absolute Gasteiger partial charge is 0.399 e. The van der Waals surface area contributed by atoms with E-state index in [0.29, 0.717) is 0 Å². The zero-order valence-corrected chi connectivity index (χ0v) is 50.7. The normalized spacial score (nSPS) is 15.9. The third kappa shape index (κ3) is 8.68. The monoisotopic (exact) mass is 1250 g/mol. The molecule has 0 N–H and O–H groups in total. The van der Waals surface area contributed by atoms with Gasteiger partial charge >= 0.3 is 7.12 Å². The van der Waals surface area contributed by atoms with Crippen LogP contribution in [0, 0.1) is 0 Å². The van der Waals surface area contributed by atoms with E-state index in [9.17, 15) is 0 Å². The second kappa shape index (κ2) is 20.5. The Morgan fingerprint density at radius 3 is 1.01 bits per heavy atom. The molecular weight excluding hydrogens is 1200 g/mol. The Morgan fingerprint density at radius 2 is 0.663 bits per heavy atom. The second-order valence-corrected chi connectivity index (χ2v) is 28.8. The molecule has 16 rings (SSSR count). The first kappa shape index (κ1) is 53.2. The maximum atomic E-state index is 15.6. The molecule has 0 aliphatic carbocycles. The summed E-state index contributed by atoms with van der Waals surface area (Å²) < 4.78 is 48.7. The number of aromatic nitrogens is 3. The van der Waals surface area contributed by atoms with Crippen molar-refractivity contribution in [2.75, 3.05) is 9.34 Å². The second-order valence-electron chi connectivity index (χ2n) is 22.0. The number of halogens is 2. The number of fused-ring (bicyclic) bond motifs is 22. The number of nitrogens with zero attached hydrogens (tertiary/aromatic N) is 5. The highest BCUT2D eigenvalue weighted by atomic mass is 79.9. The Bertz CT molecular complexity index is 4240. The lowest BCUT2D eigenvalue weighted by Crippen LogP contribution is -2.41. The van der Waals surface area contributed by atoms with Crippen LogP contribution in [0.2, 0.25) is 0 Å². The molecule has 9 nitrogen and oxygen atoms in total. The van der Waals surface area contributed by atoms with Crippen LogP contribution in [0.25, 0.3) is 66.8 Å². The SMILES string of the molecule is CC1(C)OB(c2ccncc2)OC1(C)C.O=P12c3ccccc3-c3cc(-c4ccncc4)ccc3N1c1ccc(-c3ccncc3)cc1-c1ccccc12.O=P12c3ccccc3-c3cc(Br)ccc3N1c1ccc(Br)cc1-c1ccccc12. The predicted octanol–water partition coefficient (Wildman–Crippen LogP) is 16.5. The fourth-order valence-electron chi connectivity index (χ4n) is 12.1. The van der Waals surface area contributed by atoms with Crippen molar-refractivity contribution in [2.24, 2.45) is 0 Å². The lowest BCUT2D eigenvalue weighted by atomic mass is 9.80. The van der Waals surface area contributed by atoms with Crippen LogP contribution in [0.3, 0.4) is 0 Å². The van der Waals surface area contributed by atoms with E-state index in [4.69, 9.17) is 9.31 Å². The summed E-state index contributed by atoms with van der Waals surface area (Å²) >= 11 is 7.23. The van der Waals surface area contributed by atoms with Gasteiger partial charge < -0.3 is 9.31 Å². The van der Waals surface area contributed by atoms with Crippen molar-refractivity contribution in [2.45, 2.75) is 38.9 Å². The number of hydrogen-bond donors (Lipinski definition) is 0. The minimum atomic E-state index is -3.22. The average molecular weight is 1250 g/mol. The van der Waals surface area contributed by atoms with E-state index < -0.39 is 14.6 Å². The maximum absolute atomic E-state index is 15.6. The topological polar surface area (TPSA) is 97.7 Å². The van der Waals surface area contributed by atoms with Gasteiger partial charge in [0.1, 0.15) is 0 Å². The minimum absolute atomic E-state index is 0.277. The summed E-state index contributed by atoms with van der Waals surface area (Å²) in [5.41, 5.74) is 17.2. The quantitative estimate of drug-likeness (QED) is 0.127. The molecule has 5 aliphatic heterocycles. The number of rotatable bonds is 3. The predicted molar refractivity (Wildman–Crippen MR) is 347 cm³/mol. The van der Waals surface area contributed by atoms with Crippen molar-refractivity contribution < 1.29 is 18.4 Å². The minimum Gasteiger partial charge on any atom is -0.399 e. The van der Waals surface area contributed by atoms with Crippen LogP contribution in [0.1, 0.15) is 27.7 Å². The average Bonchev–Trinajstić information content (AvgIpc) is 1.65. The molecule has 3 aromatic heterocycles. The molecule has 5 aliphatic rings. The van der Waals surface area contributed by atoms with Crippen LogP contribution >= 0.6 is 46.4 Å². The molecular formula is C69H52BBr2N5O4P2. The number of anilines is 4. The van der Waals surface area contributed by atoms with Crippen molar-refractivity contribution >= 4 is 103 Å². The lowest BCUT2D eigenvalue weighted by molar-refractivity contribution is 0.00578. The fraction of sp³-hybridized carbons (Fsp3) is 0.0870. The van der Waals surface area contributed by atoms with Crippen molar-refractivity contribution in [1.82, 2.24) is 15.0 Å². The van der Waals surface area contributed by atoms with Gasteiger partial charge in [0.15, 0.2) is 0 Å². The highest BCUT2D eigenvalue weighted by Gasteiger charge is 2.52. The Hall–Kier alpha value is -7.79. The van der Waals surface area contributed by atoms with Crippen molar-refractivity contribution in [1.29, 1.82) is 0 Å². The summed E-state index contributed by atoms with van der Waals surface area (Å²) in [6.45, 7) is 8.20. The molecule has 83 heavy (non-hydrogen) atoms. The Labute approximate surface area is 500 Å². The van der Waals surface area contributed by atoms with Crippen LogP contribution in [-0.4, -0.2) is 33.3 Å². The molecule has 0 atom stereocenters. The maximum Gasteiger partial charge on any atom is 0.494 e. The van der Waals surface area contributed by atoms with E-state index in [-0.39, 0.29) is 18.3 Å².